The Morgan fingerprint density at radius 3 is 1.47 bits per heavy atom. The highest BCUT2D eigenvalue weighted by molar-refractivity contribution is 8.00. The average molecular weight is 563 g/mol. The van der Waals surface area contributed by atoms with E-state index in [4.69, 9.17) is 0 Å². The van der Waals surface area contributed by atoms with E-state index in [1.165, 1.54) is 51.4 Å². The standard InChI is InChI=1S/C32H50O4S2/c1-31(2,29(33)34)21-9-7-13-23-15-11-19-27(37-23)25-17-5-6-18-26(25)28-20-12-16-24(38-28)14-8-10-22-32(3,4)30(35)36/h5-6,17-18,23-24,27-28H,7-16,19-22H2,1-4H3,(H,33,34)(H,35,36). The van der Waals surface area contributed by atoms with Gasteiger partial charge in [0.15, 0.2) is 0 Å². The largest absolute Gasteiger partial charge is 0.481 e. The van der Waals surface area contributed by atoms with Crippen molar-refractivity contribution in [2.45, 2.75) is 139 Å². The maximum Gasteiger partial charge on any atom is 0.309 e. The SMILES string of the molecule is CC(C)(CCCCC1CCCC(c2ccccc2C2CCCC(CCCCC(C)(C)C(=O)O)S2)S1)C(=O)O. The van der Waals surface area contributed by atoms with Crippen molar-refractivity contribution in [3.05, 3.63) is 35.4 Å². The fraction of sp³-hybridized carbons (Fsp3) is 0.750. The lowest BCUT2D eigenvalue weighted by Gasteiger charge is -2.34. The first kappa shape index (κ1) is 31.4. The molecule has 0 saturated carbocycles. The first-order valence-corrected chi connectivity index (χ1v) is 16.7. The predicted octanol–water partition coefficient (Wildman–Crippen LogP) is 9.68. The van der Waals surface area contributed by atoms with E-state index in [2.05, 4.69) is 47.8 Å². The molecular formula is C32H50O4S2. The number of hydrogen-bond acceptors (Lipinski definition) is 4. The van der Waals surface area contributed by atoms with E-state index >= 15 is 0 Å². The second-order valence-electron chi connectivity index (χ2n) is 12.9. The lowest BCUT2D eigenvalue weighted by Crippen LogP contribution is -2.23. The van der Waals surface area contributed by atoms with Gasteiger partial charge in [0.2, 0.25) is 0 Å². The zero-order chi connectivity index (χ0) is 27.8. The summed E-state index contributed by atoms with van der Waals surface area (Å²) in [6, 6.07) is 9.18. The lowest BCUT2D eigenvalue weighted by molar-refractivity contribution is -0.148. The van der Waals surface area contributed by atoms with Crippen LogP contribution in [0, 0.1) is 10.8 Å². The smallest absolute Gasteiger partial charge is 0.309 e. The summed E-state index contributed by atoms with van der Waals surface area (Å²) in [6.45, 7) is 7.36. The highest BCUT2D eigenvalue weighted by Gasteiger charge is 2.31. The molecule has 4 unspecified atom stereocenters. The van der Waals surface area contributed by atoms with E-state index in [0.29, 0.717) is 21.0 Å². The summed E-state index contributed by atoms with van der Waals surface area (Å²) < 4.78 is 0. The van der Waals surface area contributed by atoms with E-state index < -0.39 is 22.8 Å². The number of aliphatic carboxylic acids is 2. The maximum atomic E-state index is 11.4. The number of carboxylic acid groups (broad SMARTS) is 2. The van der Waals surface area contributed by atoms with Crippen molar-refractivity contribution in [2.24, 2.45) is 10.8 Å². The zero-order valence-corrected chi connectivity index (χ0v) is 25.7. The number of thioether (sulfide) groups is 2. The van der Waals surface area contributed by atoms with Crippen LogP contribution in [-0.2, 0) is 9.59 Å². The van der Waals surface area contributed by atoms with E-state index in [9.17, 15) is 19.8 Å². The Morgan fingerprint density at radius 1 is 0.711 bits per heavy atom. The van der Waals surface area contributed by atoms with Crippen molar-refractivity contribution in [1.29, 1.82) is 0 Å². The molecule has 2 fully saturated rings. The van der Waals surface area contributed by atoms with Crippen LogP contribution in [0.4, 0.5) is 0 Å². The minimum Gasteiger partial charge on any atom is -0.481 e. The summed E-state index contributed by atoms with van der Waals surface area (Å²) in [5, 5.41) is 21.2. The molecule has 0 spiro atoms. The Bertz CT molecular complexity index is 839. The topological polar surface area (TPSA) is 74.6 Å². The fourth-order valence-electron chi connectivity index (χ4n) is 5.87. The second kappa shape index (κ2) is 14.5. The quantitative estimate of drug-likeness (QED) is 0.220. The number of carboxylic acids is 2. The average Bonchev–Trinajstić information content (AvgIpc) is 2.89. The Hall–Kier alpha value is -1.14. The molecule has 38 heavy (non-hydrogen) atoms. The minimum atomic E-state index is -0.689. The monoisotopic (exact) mass is 562 g/mol. The molecule has 4 nitrogen and oxygen atoms in total. The van der Waals surface area contributed by atoms with Crippen LogP contribution in [0.1, 0.15) is 139 Å². The molecule has 2 aliphatic heterocycles. The van der Waals surface area contributed by atoms with E-state index in [1.54, 1.807) is 11.1 Å². The number of rotatable bonds is 14. The summed E-state index contributed by atoms with van der Waals surface area (Å²) in [6.07, 6.45) is 15.7. The van der Waals surface area contributed by atoms with Gasteiger partial charge in [-0.1, -0.05) is 62.8 Å². The second-order valence-corrected chi connectivity index (χ2v) is 15.9. The number of carbonyl (C=O) groups is 2. The van der Waals surface area contributed by atoms with Gasteiger partial charge in [0.1, 0.15) is 0 Å². The van der Waals surface area contributed by atoms with Gasteiger partial charge in [0.05, 0.1) is 10.8 Å². The first-order chi connectivity index (χ1) is 18.0. The number of benzene rings is 1. The molecule has 4 atom stereocenters. The molecule has 214 valence electrons. The van der Waals surface area contributed by atoms with Crippen molar-refractivity contribution in [3.63, 3.8) is 0 Å². The van der Waals surface area contributed by atoms with Crippen LogP contribution in [0.15, 0.2) is 24.3 Å². The molecule has 0 aromatic heterocycles. The molecule has 2 saturated heterocycles. The molecule has 3 rings (SSSR count). The van der Waals surface area contributed by atoms with Gasteiger partial charge in [-0.15, -0.1) is 0 Å². The summed E-state index contributed by atoms with van der Waals surface area (Å²) in [7, 11) is 0. The fourth-order valence-corrected chi connectivity index (χ4v) is 9.34. The molecule has 6 heteroatoms. The van der Waals surface area contributed by atoms with Crippen LogP contribution in [0.25, 0.3) is 0 Å². The zero-order valence-electron chi connectivity index (χ0n) is 24.0. The maximum absolute atomic E-state index is 11.4. The van der Waals surface area contributed by atoms with Crippen LogP contribution in [0.2, 0.25) is 0 Å². The molecule has 1 aromatic rings. The Labute approximate surface area is 239 Å². The van der Waals surface area contributed by atoms with Gasteiger partial charge in [-0.05, 0) is 90.2 Å². The van der Waals surface area contributed by atoms with Crippen molar-refractivity contribution in [1.82, 2.24) is 0 Å². The number of hydrogen-bond donors (Lipinski definition) is 2. The van der Waals surface area contributed by atoms with Crippen LogP contribution in [0.5, 0.6) is 0 Å². The van der Waals surface area contributed by atoms with E-state index in [0.717, 1.165) is 38.5 Å². The van der Waals surface area contributed by atoms with Gasteiger partial charge in [-0.25, -0.2) is 0 Å². The molecular weight excluding hydrogens is 512 g/mol. The third kappa shape index (κ3) is 9.21. The molecule has 2 aliphatic rings. The van der Waals surface area contributed by atoms with Gasteiger partial charge in [-0.2, -0.15) is 23.5 Å². The molecule has 2 N–H and O–H groups in total. The van der Waals surface area contributed by atoms with Crippen molar-refractivity contribution >= 4 is 35.5 Å². The highest BCUT2D eigenvalue weighted by atomic mass is 32.2. The van der Waals surface area contributed by atoms with Crippen LogP contribution in [0.3, 0.4) is 0 Å². The van der Waals surface area contributed by atoms with Gasteiger partial charge < -0.3 is 10.2 Å². The van der Waals surface area contributed by atoms with Crippen molar-refractivity contribution in [3.8, 4) is 0 Å². The Morgan fingerprint density at radius 2 is 1.11 bits per heavy atom. The molecule has 0 radical (unpaired) electrons. The first-order valence-electron chi connectivity index (χ1n) is 14.9. The van der Waals surface area contributed by atoms with E-state index in [1.807, 2.05) is 27.7 Å². The molecule has 0 amide bonds. The van der Waals surface area contributed by atoms with Crippen molar-refractivity contribution < 1.29 is 19.8 Å². The van der Waals surface area contributed by atoms with Gasteiger partial charge in [0, 0.05) is 21.0 Å². The third-order valence-electron chi connectivity index (χ3n) is 8.70. The Kier molecular flexibility index (Phi) is 12.0. The van der Waals surface area contributed by atoms with Gasteiger partial charge in [-0.3, -0.25) is 9.59 Å². The number of unbranched alkanes of at least 4 members (excludes halogenated alkanes) is 2. The summed E-state index contributed by atoms with van der Waals surface area (Å²) in [5.74, 6) is -1.38. The molecule has 2 heterocycles. The van der Waals surface area contributed by atoms with Gasteiger partial charge in [0.25, 0.3) is 0 Å². The van der Waals surface area contributed by atoms with Crippen LogP contribution >= 0.6 is 23.5 Å². The molecule has 0 aliphatic carbocycles. The summed E-state index contributed by atoms with van der Waals surface area (Å²) in [4.78, 5) is 22.8. The minimum absolute atomic E-state index is 0.569. The van der Waals surface area contributed by atoms with E-state index in [-0.39, 0.29) is 0 Å². The van der Waals surface area contributed by atoms with Gasteiger partial charge >= 0.3 is 11.9 Å². The third-order valence-corrected chi connectivity index (χ3v) is 12.1. The molecule has 1 aromatic carbocycles. The summed E-state index contributed by atoms with van der Waals surface area (Å²) in [5.41, 5.74) is 1.86. The highest BCUT2D eigenvalue weighted by Crippen LogP contribution is 2.51. The van der Waals surface area contributed by atoms with Crippen molar-refractivity contribution in [2.75, 3.05) is 0 Å². The Balaban J connectivity index is 1.52. The molecule has 0 bridgehead atoms. The lowest BCUT2D eigenvalue weighted by atomic mass is 9.87. The van der Waals surface area contributed by atoms with Crippen LogP contribution < -0.4 is 0 Å². The normalized spacial score (nSPS) is 24.7. The predicted molar refractivity (Wildman–Crippen MR) is 162 cm³/mol. The van der Waals surface area contributed by atoms with Crippen LogP contribution in [-0.4, -0.2) is 32.7 Å². The summed E-state index contributed by atoms with van der Waals surface area (Å²) >= 11 is 4.35.